The van der Waals surface area contributed by atoms with Crippen LogP contribution in [0.1, 0.15) is 28.4 Å². The number of anilines is 2. The van der Waals surface area contributed by atoms with Crippen LogP contribution in [0.25, 0.3) is 0 Å². The van der Waals surface area contributed by atoms with Crippen molar-refractivity contribution in [3.63, 3.8) is 0 Å². The fourth-order valence-electron chi connectivity index (χ4n) is 3.08. The number of nitrogen functional groups attached to an aromatic ring is 1. The number of carbonyl (C=O) groups excluding carboxylic acids is 1. The van der Waals surface area contributed by atoms with E-state index in [1.54, 1.807) is 6.07 Å². The second-order valence-electron chi connectivity index (χ2n) is 5.99. The van der Waals surface area contributed by atoms with Gasteiger partial charge in [0, 0.05) is 23.5 Å². The highest BCUT2D eigenvalue weighted by atomic mass is 16.2. The van der Waals surface area contributed by atoms with Crippen molar-refractivity contribution < 1.29 is 4.79 Å². The summed E-state index contributed by atoms with van der Waals surface area (Å²) in [4.78, 5) is 14.8. The molecular weight excluding hydrogens is 260 g/mol. The molecule has 0 aromatic heterocycles. The number of fused-ring (bicyclic) bond motifs is 1. The van der Waals surface area contributed by atoms with E-state index in [4.69, 9.17) is 5.73 Å². The van der Waals surface area contributed by atoms with Crippen LogP contribution in [0.15, 0.2) is 42.5 Å². The van der Waals surface area contributed by atoms with Gasteiger partial charge in [-0.3, -0.25) is 4.79 Å². The molecule has 3 nitrogen and oxygen atoms in total. The first-order valence-electron chi connectivity index (χ1n) is 7.31. The van der Waals surface area contributed by atoms with Gasteiger partial charge in [0.1, 0.15) is 0 Å². The summed E-state index contributed by atoms with van der Waals surface area (Å²) in [6.07, 6.45) is 1.02. The Morgan fingerprint density at radius 3 is 2.76 bits per heavy atom. The zero-order valence-corrected chi connectivity index (χ0v) is 12.5. The third kappa shape index (κ3) is 2.64. The smallest absolute Gasteiger partial charge is 0.258 e. The van der Waals surface area contributed by atoms with Crippen LogP contribution in [0.4, 0.5) is 11.4 Å². The van der Waals surface area contributed by atoms with Crippen molar-refractivity contribution in [2.24, 2.45) is 5.92 Å². The molecule has 1 unspecified atom stereocenters. The van der Waals surface area contributed by atoms with Crippen LogP contribution in [-0.4, -0.2) is 12.5 Å². The zero-order chi connectivity index (χ0) is 15.0. The van der Waals surface area contributed by atoms with Crippen LogP contribution in [-0.2, 0) is 6.42 Å². The molecule has 0 saturated heterocycles. The Hall–Kier alpha value is -2.29. The van der Waals surface area contributed by atoms with Gasteiger partial charge in [-0.05, 0) is 54.7 Å². The normalized spacial score (nSPS) is 17.4. The molecule has 2 aromatic carbocycles. The monoisotopic (exact) mass is 280 g/mol. The lowest BCUT2D eigenvalue weighted by molar-refractivity contribution is 0.0981. The molecule has 0 saturated carbocycles. The van der Waals surface area contributed by atoms with Crippen molar-refractivity contribution in [2.75, 3.05) is 17.2 Å². The molecule has 0 bridgehead atoms. The van der Waals surface area contributed by atoms with Crippen molar-refractivity contribution in [3.05, 3.63) is 59.2 Å². The van der Waals surface area contributed by atoms with Crippen LogP contribution >= 0.6 is 0 Å². The number of hydrogen-bond donors (Lipinski definition) is 1. The maximum atomic E-state index is 12.9. The molecule has 0 radical (unpaired) electrons. The lowest BCUT2D eigenvalue weighted by Gasteiger charge is -2.33. The van der Waals surface area contributed by atoms with E-state index in [0.29, 0.717) is 17.2 Å². The van der Waals surface area contributed by atoms with Crippen LogP contribution in [0.5, 0.6) is 0 Å². The average molecular weight is 280 g/mol. The molecule has 108 valence electrons. The number of carbonyl (C=O) groups is 1. The molecule has 3 rings (SSSR count). The predicted octanol–water partition coefficient (Wildman–Crippen LogP) is 3.42. The fraction of sp³-hybridized carbons (Fsp3) is 0.278. The second kappa shape index (κ2) is 5.24. The summed E-state index contributed by atoms with van der Waals surface area (Å²) >= 11 is 0. The van der Waals surface area contributed by atoms with Crippen LogP contribution in [0, 0.1) is 12.8 Å². The summed E-state index contributed by atoms with van der Waals surface area (Å²) in [5.74, 6) is 0.496. The minimum absolute atomic E-state index is 0.0319. The Balaban J connectivity index is 2.02. The van der Waals surface area contributed by atoms with Crippen molar-refractivity contribution >= 4 is 17.3 Å². The van der Waals surface area contributed by atoms with Gasteiger partial charge in [-0.2, -0.15) is 0 Å². The van der Waals surface area contributed by atoms with Gasteiger partial charge in [-0.15, -0.1) is 0 Å². The molecule has 3 heteroatoms. The highest BCUT2D eigenvalue weighted by Crippen LogP contribution is 2.30. The highest BCUT2D eigenvalue weighted by molar-refractivity contribution is 6.07. The molecule has 2 N–H and O–H groups in total. The van der Waals surface area contributed by atoms with E-state index >= 15 is 0 Å². The van der Waals surface area contributed by atoms with Crippen LogP contribution in [0.2, 0.25) is 0 Å². The van der Waals surface area contributed by atoms with Gasteiger partial charge in [-0.1, -0.05) is 25.1 Å². The molecular formula is C18H20N2O. The standard InChI is InChI=1S/C18H20N2O/c1-12-7-15(10-16(19)9-12)18(21)20-11-13(2)8-14-5-3-4-6-17(14)20/h3-7,9-10,13H,8,11,19H2,1-2H3. The van der Waals surface area contributed by atoms with Gasteiger partial charge >= 0.3 is 0 Å². The lowest BCUT2D eigenvalue weighted by atomic mass is 9.93. The molecule has 1 aliphatic heterocycles. The summed E-state index contributed by atoms with van der Waals surface area (Å²) in [7, 11) is 0. The number of benzene rings is 2. The van der Waals surface area contributed by atoms with Crippen molar-refractivity contribution in [3.8, 4) is 0 Å². The Morgan fingerprint density at radius 1 is 1.24 bits per heavy atom. The molecule has 0 aliphatic carbocycles. The van der Waals surface area contributed by atoms with Crippen molar-refractivity contribution in [2.45, 2.75) is 20.3 Å². The minimum atomic E-state index is 0.0319. The zero-order valence-electron chi connectivity index (χ0n) is 12.5. The fourth-order valence-corrected chi connectivity index (χ4v) is 3.08. The van der Waals surface area contributed by atoms with E-state index in [1.807, 2.05) is 42.2 Å². The topological polar surface area (TPSA) is 46.3 Å². The molecule has 1 heterocycles. The molecule has 1 amide bonds. The summed E-state index contributed by atoms with van der Waals surface area (Å²) in [6.45, 7) is 4.89. The highest BCUT2D eigenvalue weighted by Gasteiger charge is 2.27. The number of nitrogens with two attached hydrogens (primary N) is 1. The number of aryl methyl sites for hydroxylation is 1. The quantitative estimate of drug-likeness (QED) is 0.814. The number of amides is 1. The van der Waals surface area contributed by atoms with E-state index in [1.165, 1.54) is 5.56 Å². The van der Waals surface area contributed by atoms with Gasteiger partial charge < -0.3 is 10.6 Å². The number of hydrogen-bond acceptors (Lipinski definition) is 2. The van der Waals surface area contributed by atoms with Gasteiger partial charge in [0.25, 0.3) is 5.91 Å². The molecule has 2 aromatic rings. The first-order valence-corrected chi connectivity index (χ1v) is 7.31. The largest absolute Gasteiger partial charge is 0.399 e. The van der Waals surface area contributed by atoms with Crippen LogP contribution in [0.3, 0.4) is 0 Å². The lowest BCUT2D eigenvalue weighted by Crippen LogP contribution is -2.39. The van der Waals surface area contributed by atoms with Crippen molar-refractivity contribution in [1.82, 2.24) is 0 Å². The first kappa shape index (κ1) is 13.7. The Labute approximate surface area is 125 Å². The summed E-state index contributed by atoms with van der Waals surface area (Å²) < 4.78 is 0. The summed E-state index contributed by atoms with van der Waals surface area (Å²) in [5, 5.41) is 0. The van der Waals surface area contributed by atoms with E-state index < -0.39 is 0 Å². The summed E-state index contributed by atoms with van der Waals surface area (Å²) in [5.41, 5.74) is 10.5. The van der Waals surface area contributed by atoms with Crippen LogP contribution < -0.4 is 10.6 Å². The number of rotatable bonds is 1. The molecule has 0 spiro atoms. The maximum Gasteiger partial charge on any atom is 0.258 e. The number of nitrogens with zero attached hydrogens (tertiary/aromatic N) is 1. The maximum absolute atomic E-state index is 12.9. The minimum Gasteiger partial charge on any atom is -0.399 e. The average Bonchev–Trinajstić information content (AvgIpc) is 2.44. The predicted molar refractivity (Wildman–Crippen MR) is 86.6 cm³/mol. The van der Waals surface area contributed by atoms with E-state index in [0.717, 1.165) is 24.2 Å². The second-order valence-corrected chi connectivity index (χ2v) is 5.99. The Morgan fingerprint density at radius 2 is 2.00 bits per heavy atom. The van der Waals surface area contributed by atoms with Crippen molar-refractivity contribution in [1.29, 1.82) is 0 Å². The molecule has 21 heavy (non-hydrogen) atoms. The summed E-state index contributed by atoms with van der Waals surface area (Å²) in [6, 6.07) is 13.7. The third-order valence-corrected chi connectivity index (χ3v) is 3.94. The van der Waals surface area contributed by atoms with E-state index in [2.05, 4.69) is 13.0 Å². The van der Waals surface area contributed by atoms with Gasteiger partial charge in [0.2, 0.25) is 0 Å². The SMILES string of the molecule is Cc1cc(N)cc(C(=O)N2CC(C)Cc3ccccc32)c1. The van der Waals surface area contributed by atoms with Gasteiger partial charge in [-0.25, -0.2) is 0 Å². The molecule has 1 aliphatic rings. The van der Waals surface area contributed by atoms with E-state index in [9.17, 15) is 4.79 Å². The third-order valence-electron chi connectivity index (χ3n) is 3.94. The Bertz CT molecular complexity index is 673. The van der Waals surface area contributed by atoms with E-state index in [-0.39, 0.29) is 5.91 Å². The Kier molecular flexibility index (Phi) is 3.42. The molecule has 0 fully saturated rings. The first-order chi connectivity index (χ1) is 10.0. The molecule has 1 atom stereocenters. The van der Waals surface area contributed by atoms with Gasteiger partial charge in [0.15, 0.2) is 0 Å². The van der Waals surface area contributed by atoms with Gasteiger partial charge in [0.05, 0.1) is 0 Å². The number of para-hydroxylation sites is 1.